The lowest BCUT2D eigenvalue weighted by molar-refractivity contribution is -0.121. The molecular weight excluding hydrogens is 362 g/mol. The number of thiophene rings is 1. The predicted molar refractivity (Wildman–Crippen MR) is 93.0 cm³/mol. The van der Waals surface area contributed by atoms with E-state index in [9.17, 15) is 13.2 Å². The van der Waals surface area contributed by atoms with Crippen molar-refractivity contribution in [3.05, 3.63) is 28.8 Å². The van der Waals surface area contributed by atoms with Crippen LogP contribution in [0.5, 0.6) is 0 Å². The normalized spacial score (nSPS) is 19.0. The Labute approximate surface area is 150 Å². The number of aryl methyl sites for hydroxylation is 1. The second-order valence-electron chi connectivity index (χ2n) is 6.39. The zero-order valence-corrected chi connectivity index (χ0v) is 15.2. The maximum Gasteiger partial charge on any atom is 0.252 e. The highest BCUT2D eigenvalue weighted by molar-refractivity contribution is 7.91. The molecule has 1 N–H and O–H groups in total. The van der Waals surface area contributed by atoms with Gasteiger partial charge in [0.2, 0.25) is 11.8 Å². The molecule has 2 aromatic rings. The fourth-order valence-electron chi connectivity index (χ4n) is 3.44. The van der Waals surface area contributed by atoms with Crippen LogP contribution in [0.2, 0.25) is 0 Å². The van der Waals surface area contributed by atoms with Crippen molar-refractivity contribution in [2.24, 2.45) is 5.92 Å². The number of carbonyl (C=O) groups excluding carboxylic acids is 1. The van der Waals surface area contributed by atoms with E-state index in [1.165, 1.54) is 15.6 Å². The van der Waals surface area contributed by atoms with Gasteiger partial charge in [0, 0.05) is 24.6 Å². The van der Waals surface area contributed by atoms with Gasteiger partial charge in [0.1, 0.15) is 4.21 Å². The summed E-state index contributed by atoms with van der Waals surface area (Å²) in [6.07, 6.45) is 3.83. The summed E-state index contributed by atoms with van der Waals surface area (Å²) in [4.78, 5) is 12.5. The van der Waals surface area contributed by atoms with Gasteiger partial charge in [-0.25, -0.2) is 8.42 Å². The summed E-state index contributed by atoms with van der Waals surface area (Å²) in [5.41, 5.74) is 1.94. The number of amides is 1. The SMILES string of the molecule is O=C(Nc1onc2c1CCC2)C1CCN(S(=O)(=O)c2cccs2)CC1. The molecule has 0 bridgehead atoms. The third kappa shape index (κ3) is 3.11. The van der Waals surface area contributed by atoms with Gasteiger partial charge in [0.15, 0.2) is 0 Å². The lowest BCUT2D eigenvalue weighted by Crippen LogP contribution is -2.41. The first-order valence-electron chi connectivity index (χ1n) is 8.37. The molecule has 1 saturated heterocycles. The summed E-state index contributed by atoms with van der Waals surface area (Å²) >= 11 is 1.22. The zero-order chi connectivity index (χ0) is 17.4. The molecule has 1 amide bonds. The minimum atomic E-state index is -3.43. The molecule has 3 heterocycles. The summed E-state index contributed by atoms with van der Waals surface area (Å²) in [5, 5.41) is 8.58. The summed E-state index contributed by atoms with van der Waals surface area (Å²) in [6, 6.07) is 3.34. The third-order valence-electron chi connectivity index (χ3n) is 4.86. The first-order chi connectivity index (χ1) is 12.1. The fourth-order valence-corrected chi connectivity index (χ4v) is 6.05. The molecule has 0 aromatic carbocycles. The molecule has 4 rings (SSSR count). The summed E-state index contributed by atoms with van der Waals surface area (Å²) in [5.74, 6) is 0.141. The summed E-state index contributed by atoms with van der Waals surface area (Å²) in [7, 11) is -3.43. The van der Waals surface area contributed by atoms with Crippen LogP contribution in [-0.2, 0) is 27.7 Å². The van der Waals surface area contributed by atoms with Crippen LogP contribution in [0.1, 0.15) is 30.5 Å². The van der Waals surface area contributed by atoms with Gasteiger partial charge in [-0.1, -0.05) is 11.2 Å². The number of hydrogen-bond donors (Lipinski definition) is 1. The largest absolute Gasteiger partial charge is 0.338 e. The topological polar surface area (TPSA) is 92.5 Å². The molecule has 2 aromatic heterocycles. The van der Waals surface area contributed by atoms with Crippen molar-refractivity contribution < 1.29 is 17.7 Å². The van der Waals surface area contributed by atoms with Gasteiger partial charge in [-0.05, 0) is 43.6 Å². The van der Waals surface area contributed by atoms with E-state index in [0.29, 0.717) is 36.0 Å². The van der Waals surface area contributed by atoms with Gasteiger partial charge in [-0.3, -0.25) is 10.1 Å². The van der Waals surface area contributed by atoms with Gasteiger partial charge in [-0.15, -0.1) is 11.3 Å². The molecular formula is C16H19N3O4S2. The Hall–Kier alpha value is -1.71. The van der Waals surface area contributed by atoms with Crippen molar-refractivity contribution in [3.63, 3.8) is 0 Å². The Morgan fingerprint density at radius 3 is 2.84 bits per heavy atom. The number of carbonyl (C=O) groups is 1. The lowest BCUT2D eigenvalue weighted by Gasteiger charge is -2.29. The van der Waals surface area contributed by atoms with Crippen LogP contribution >= 0.6 is 11.3 Å². The molecule has 9 heteroatoms. The van der Waals surface area contributed by atoms with E-state index in [4.69, 9.17) is 4.52 Å². The van der Waals surface area contributed by atoms with Gasteiger partial charge in [0.25, 0.3) is 10.0 Å². The van der Waals surface area contributed by atoms with Gasteiger partial charge < -0.3 is 4.52 Å². The Bertz CT molecular complexity index is 865. The molecule has 1 aliphatic heterocycles. The lowest BCUT2D eigenvalue weighted by atomic mass is 9.97. The van der Waals surface area contributed by atoms with Crippen molar-refractivity contribution in [1.29, 1.82) is 0 Å². The van der Waals surface area contributed by atoms with Crippen molar-refractivity contribution in [2.45, 2.75) is 36.3 Å². The van der Waals surface area contributed by atoms with Crippen molar-refractivity contribution in [2.75, 3.05) is 18.4 Å². The van der Waals surface area contributed by atoms with Gasteiger partial charge in [-0.2, -0.15) is 4.31 Å². The number of nitrogens with one attached hydrogen (secondary N) is 1. The second kappa shape index (κ2) is 6.54. The molecule has 0 radical (unpaired) electrons. The molecule has 1 fully saturated rings. The number of hydrogen-bond acceptors (Lipinski definition) is 6. The quantitative estimate of drug-likeness (QED) is 0.877. The Balaban J connectivity index is 1.38. The van der Waals surface area contributed by atoms with Crippen LogP contribution < -0.4 is 5.32 Å². The van der Waals surface area contributed by atoms with Crippen LogP contribution in [0.25, 0.3) is 0 Å². The maximum absolute atomic E-state index is 12.5. The summed E-state index contributed by atoms with van der Waals surface area (Å²) < 4.78 is 32.1. The number of anilines is 1. The van der Waals surface area contributed by atoms with E-state index in [-0.39, 0.29) is 11.8 Å². The molecule has 0 unspecified atom stereocenters. The Morgan fingerprint density at radius 2 is 2.12 bits per heavy atom. The molecule has 7 nitrogen and oxygen atoms in total. The van der Waals surface area contributed by atoms with Crippen molar-refractivity contribution >= 4 is 33.2 Å². The van der Waals surface area contributed by atoms with E-state index in [0.717, 1.165) is 30.5 Å². The van der Waals surface area contributed by atoms with Gasteiger partial charge in [0.05, 0.1) is 5.69 Å². The van der Waals surface area contributed by atoms with Crippen LogP contribution in [0.4, 0.5) is 5.88 Å². The molecule has 134 valence electrons. The number of nitrogens with zero attached hydrogens (tertiary/aromatic N) is 2. The first kappa shape index (κ1) is 16.7. The van der Waals surface area contributed by atoms with Crippen LogP contribution in [0, 0.1) is 5.92 Å². The number of piperidine rings is 1. The number of rotatable bonds is 4. The molecule has 0 saturated carbocycles. The highest BCUT2D eigenvalue weighted by Crippen LogP contribution is 2.30. The minimum Gasteiger partial charge on any atom is -0.338 e. The Morgan fingerprint density at radius 1 is 1.32 bits per heavy atom. The van der Waals surface area contributed by atoms with Crippen LogP contribution in [-0.4, -0.2) is 36.9 Å². The molecule has 2 aliphatic rings. The summed E-state index contributed by atoms with van der Waals surface area (Å²) in [6.45, 7) is 0.708. The van der Waals surface area contributed by atoms with E-state index >= 15 is 0 Å². The Kier molecular flexibility index (Phi) is 4.38. The zero-order valence-electron chi connectivity index (χ0n) is 13.6. The maximum atomic E-state index is 12.5. The van der Waals surface area contributed by atoms with E-state index in [1.807, 2.05) is 0 Å². The molecule has 25 heavy (non-hydrogen) atoms. The number of fused-ring (bicyclic) bond motifs is 1. The van der Waals surface area contributed by atoms with Crippen molar-refractivity contribution in [1.82, 2.24) is 9.46 Å². The smallest absolute Gasteiger partial charge is 0.252 e. The highest BCUT2D eigenvalue weighted by atomic mass is 32.2. The number of aromatic nitrogens is 1. The van der Waals surface area contributed by atoms with E-state index < -0.39 is 10.0 Å². The van der Waals surface area contributed by atoms with E-state index in [2.05, 4.69) is 10.5 Å². The second-order valence-corrected chi connectivity index (χ2v) is 9.50. The van der Waals surface area contributed by atoms with E-state index in [1.54, 1.807) is 17.5 Å². The first-order valence-corrected chi connectivity index (χ1v) is 10.7. The highest BCUT2D eigenvalue weighted by Gasteiger charge is 2.33. The van der Waals surface area contributed by atoms with Crippen LogP contribution in [0.3, 0.4) is 0 Å². The van der Waals surface area contributed by atoms with Gasteiger partial charge >= 0.3 is 0 Å². The average Bonchev–Trinajstić information content (AvgIpc) is 3.34. The fraction of sp³-hybridized carbons (Fsp3) is 0.500. The third-order valence-corrected chi connectivity index (χ3v) is 8.13. The minimum absolute atomic E-state index is 0.112. The molecule has 1 aliphatic carbocycles. The number of sulfonamides is 1. The monoisotopic (exact) mass is 381 g/mol. The standard InChI is InChI=1S/C16H19N3O4S2/c20-15(17-16-12-3-1-4-13(12)18-23-16)11-6-8-19(9-7-11)25(21,22)14-5-2-10-24-14/h2,5,10-11H,1,3-4,6-9H2,(H,17,20). The molecule has 0 spiro atoms. The van der Waals surface area contributed by atoms with Crippen LogP contribution in [0.15, 0.2) is 26.2 Å². The molecule has 0 atom stereocenters. The van der Waals surface area contributed by atoms with Crippen molar-refractivity contribution in [3.8, 4) is 0 Å². The predicted octanol–water partition coefficient (Wildman–Crippen LogP) is 2.26. The average molecular weight is 381 g/mol.